The maximum atomic E-state index is 13.0. The SMILES string of the molecule is C[C@H](CO)Oc1cccc(F)c1I. The Labute approximate surface area is 89.9 Å². The van der Waals surface area contributed by atoms with Gasteiger partial charge in [0, 0.05) is 0 Å². The number of benzene rings is 1. The molecule has 0 amide bonds. The molecule has 0 aliphatic carbocycles. The molecule has 1 aromatic rings. The van der Waals surface area contributed by atoms with Crippen LogP contribution in [0.25, 0.3) is 0 Å². The highest BCUT2D eigenvalue weighted by atomic mass is 127. The maximum absolute atomic E-state index is 13.0. The molecule has 0 radical (unpaired) electrons. The van der Waals surface area contributed by atoms with E-state index < -0.39 is 0 Å². The van der Waals surface area contributed by atoms with Crippen LogP contribution in [0.5, 0.6) is 5.75 Å². The summed E-state index contributed by atoms with van der Waals surface area (Å²) in [4.78, 5) is 0. The minimum absolute atomic E-state index is 0.0768. The molecule has 0 heterocycles. The molecule has 0 spiro atoms. The number of ether oxygens (including phenoxy) is 1. The fourth-order valence-electron chi connectivity index (χ4n) is 0.829. The van der Waals surface area contributed by atoms with E-state index in [1.54, 1.807) is 19.1 Å². The number of rotatable bonds is 3. The summed E-state index contributed by atoms with van der Waals surface area (Å²) in [5.41, 5.74) is 0. The summed E-state index contributed by atoms with van der Waals surface area (Å²) in [6.07, 6.45) is -0.310. The number of aliphatic hydroxyl groups is 1. The van der Waals surface area contributed by atoms with E-state index in [4.69, 9.17) is 9.84 Å². The molecule has 13 heavy (non-hydrogen) atoms. The summed E-state index contributed by atoms with van der Waals surface area (Å²) < 4.78 is 18.7. The van der Waals surface area contributed by atoms with Gasteiger partial charge in [-0.15, -0.1) is 0 Å². The van der Waals surface area contributed by atoms with Crippen molar-refractivity contribution in [2.24, 2.45) is 0 Å². The Morgan fingerprint density at radius 1 is 1.62 bits per heavy atom. The first-order chi connectivity index (χ1) is 6.15. The molecule has 0 bridgehead atoms. The Morgan fingerprint density at radius 3 is 2.92 bits per heavy atom. The molecule has 0 saturated carbocycles. The molecule has 0 saturated heterocycles. The monoisotopic (exact) mass is 296 g/mol. The lowest BCUT2D eigenvalue weighted by atomic mass is 10.3. The molecule has 1 aromatic carbocycles. The van der Waals surface area contributed by atoms with Crippen LogP contribution in [0.1, 0.15) is 6.92 Å². The van der Waals surface area contributed by atoms with Gasteiger partial charge in [-0.3, -0.25) is 0 Å². The zero-order valence-electron chi connectivity index (χ0n) is 7.13. The van der Waals surface area contributed by atoms with Crippen molar-refractivity contribution in [2.45, 2.75) is 13.0 Å². The van der Waals surface area contributed by atoms with Crippen molar-refractivity contribution in [3.8, 4) is 5.75 Å². The summed E-state index contributed by atoms with van der Waals surface area (Å²) >= 11 is 1.87. The number of aliphatic hydroxyl groups excluding tert-OH is 1. The van der Waals surface area contributed by atoms with E-state index in [2.05, 4.69) is 0 Å². The minimum atomic E-state index is -0.310. The Morgan fingerprint density at radius 2 is 2.31 bits per heavy atom. The Hall–Kier alpha value is -0.360. The van der Waals surface area contributed by atoms with Gasteiger partial charge in [0.2, 0.25) is 0 Å². The third-order valence-corrected chi connectivity index (χ3v) is 2.55. The standard InChI is InChI=1S/C9H10FIO2/c1-6(5-12)13-8-4-2-3-7(10)9(8)11/h2-4,6,12H,5H2,1H3/t6-/m1/s1. The van der Waals surface area contributed by atoms with E-state index in [0.717, 1.165) is 0 Å². The predicted octanol–water partition coefficient (Wildman–Crippen LogP) is 2.19. The largest absolute Gasteiger partial charge is 0.487 e. The third kappa shape index (κ3) is 2.80. The minimum Gasteiger partial charge on any atom is -0.487 e. The van der Waals surface area contributed by atoms with Gasteiger partial charge in [-0.2, -0.15) is 0 Å². The van der Waals surface area contributed by atoms with Gasteiger partial charge in [0.25, 0.3) is 0 Å². The van der Waals surface area contributed by atoms with Crippen LogP contribution in [0, 0.1) is 9.39 Å². The van der Waals surface area contributed by atoms with Crippen LogP contribution in [-0.4, -0.2) is 17.8 Å². The van der Waals surface area contributed by atoms with E-state index in [1.807, 2.05) is 22.6 Å². The van der Waals surface area contributed by atoms with Crippen molar-refractivity contribution in [2.75, 3.05) is 6.61 Å². The van der Waals surface area contributed by atoms with Gasteiger partial charge in [-0.25, -0.2) is 4.39 Å². The molecule has 0 aliphatic heterocycles. The fraction of sp³-hybridized carbons (Fsp3) is 0.333. The van der Waals surface area contributed by atoms with Crippen LogP contribution in [0.3, 0.4) is 0 Å². The molecule has 0 unspecified atom stereocenters. The highest BCUT2D eigenvalue weighted by molar-refractivity contribution is 14.1. The van der Waals surface area contributed by atoms with E-state index >= 15 is 0 Å². The van der Waals surface area contributed by atoms with Crippen molar-refractivity contribution < 1.29 is 14.2 Å². The summed E-state index contributed by atoms with van der Waals surface area (Å²) in [5, 5.41) is 8.74. The van der Waals surface area contributed by atoms with Crippen LogP contribution >= 0.6 is 22.6 Å². The first-order valence-corrected chi connectivity index (χ1v) is 4.94. The third-order valence-electron chi connectivity index (χ3n) is 1.50. The van der Waals surface area contributed by atoms with Gasteiger partial charge in [0.1, 0.15) is 17.7 Å². The lowest BCUT2D eigenvalue weighted by Gasteiger charge is -2.13. The van der Waals surface area contributed by atoms with E-state index in [1.165, 1.54) is 6.07 Å². The van der Waals surface area contributed by atoms with Gasteiger partial charge in [0.05, 0.1) is 10.2 Å². The summed E-state index contributed by atoms with van der Waals surface area (Å²) in [7, 11) is 0. The second-order valence-electron chi connectivity index (χ2n) is 2.66. The topological polar surface area (TPSA) is 29.5 Å². The zero-order valence-corrected chi connectivity index (χ0v) is 9.29. The molecule has 72 valence electrons. The molecular weight excluding hydrogens is 286 g/mol. The average Bonchev–Trinajstić information content (AvgIpc) is 2.13. The molecule has 0 fully saturated rings. The molecule has 0 aromatic heterocycles. The second kappa shape index (κ2) is 4.76. The quantitative estimate of drug-likeness (QED) is 0.866. The summed E-state index contributed by atoms with van der Waals surface area (Å²) in [5.74, 6) is 0.172. The summed E-state index contributed by atoms with van der Waals surface area (Å²) in [6, 6.07) is 4.63. The smallest absolute Gasteiger partial charge is 0.140 e. The highest BCUT2D eigenvalue weighted by Gasteiger charge is 2.08. The zero-order chi connectivity index (χ0) is 9.84. The van der Waals surface area contributed by atoms with Gasteiger partial charge in [-0.1, -0.05) is 6.07 Å². The van der Waals surface area contributed by atoms with Crippen LogP contribution in [0.2, 0.25) is 0 Å². The lowest BCUT2D eigenvalue weighted by Crippen LogP contribution is -2.16. The number of halogens is 2. The van der Waals surface area contributed by atoms with Gasteiger partial charge in [0.15, 0.2) is 0 Å². The van der Waals surface area contributed by atoms with Gasteiger partial charge >= 0.3 is 0 Å². The molecule has 1 rings (SSSR count). The molecule has 0 aliphatic rings. The van der Waals surface area contributed by atoms with Crippen molar-refractivity contribution in [1.82, 2.24) is 0 Å². The number of hydrogen-bond donors (Lipinski definition) is 1. The van der Waals surface area contributed by atoms with Crippen molar-refractivity contribution in [1.29, 1.82) is 0 Å². The molecule has 1 atom stereocenters. The second-order valence-corrected chi connectivity index (χ2v) is 3.74. The van der Waals surface area contributed by atoms with Gasteiger partial charge < -0.3 is 9.84 Å². The molecule has 2 nitrogen and oxygen atoms in total. The van der Waals surface area contributed by atoms with E-state index in [9.17, 15) is 4.39 Å². The molecule has 1 N–H and O–H groups in total. The number of hydrogen-bond acceptors (Lipinski definition) is 2. The summed E-state index contributed by atoms with van der Waals surface area (Å²) in [6.45, 7) is 1.65. The Balaban J connectivity index is 2.83. The average molecular weight is 296 g/mol. The van der Waals surface area contributed by atoms with Crippen molar-refractivity contribution in [3.05, 3.63) is 27.6 Å². The van der Waals surface area contributed by atoms with E-state index in [0.29, 0.717) is 9.32 Å². The fourth-order valence-corrected chi connectivity index (χ4v) is 1.32. The molecular formula is C9H10FIO2. The first kappa shape index (κ1) is 10.7. The van der Waals surface area contributed by atoms with Crippen molar-refractivity contribution in [3.63, 3.8) is 0 Å². The first-order valence-electron chi connectivity index (χ1n) is 3.86. The Bertz CT molecular complexity index is 291. The van der Waals surface area contributed by atoms with Crippen molar-refractivity contribution >= 4 is 22.6 Å². The van der Waals surface area contributed by atoms with Gasteiger partial charge in [-0.05, 0) is 41.6 Å². The predicted molar refractivity (Wildman–Crippen MR) is 56.3 cm³/mol. The van der Waals surface area contributed by atoms with Crippen LogP contribution < -0.4 is 4.74 Å². The van der Waals surface area contributed by atoms with E-state index in [-0.39, 0.29) is 18.5 Å². The van der Waals surface area contributed by atoms with Crippen LogP contribution in [0.4, 0.5) is 4.39 Å². The maximum Gasteiger partial charge on any atom is 0.140 e. The molecule has 4 heteroatoms. The lowest BCUT2D eigenvalue weighted by molar-refractivity contribution is 0.128. The highest BCUT2D eigenvalue weighted by Crippen LogP contribution is 2.23. The Kier molecular flexibility index (Phi) is 3.92. The normalized spacial score (nSPS) is 12.6. The van der Waals surface area contributed by atoms with Crippen LogP contribution in [0.15, 0.2) is 18.2 Å². The van der Waals surface area contributed by atoms with Crippen LogP contribution in [-0.2, 0) is 0 Å².